The molecule has 13 heavy (non-hydrogen) atoms. The predicted molar refractivity (Wildman–Crippen MR) is 54.6 cm³/mol. The van der Waals surface area contributed by atoms with Gasteiger partial charge in [-0.15, -0.1) is 0 Å². The van der Waals surface area contributed by atoms with Gasteiger partial charge in [0.05, 0.1) is 6.10 Å². The maximum atomic E-state index is 11.1. The third-order valence-corrected chi connectivity index (χ3v) is 2.73. The number of hydrogen-bond donors (Lipinski definition) is 1. The molecule has 0 amide bonds. The van der Waals surface area contributed by atoms with Gasteiger partial charge in [0, 0.05) is 12.8 Å². The van der Waals surface area contributed by atoms with Gasteiger partial charge >= 0.3 is 0 Å². The van der Waals surface area contributed by atoms with E-state index >= 15 is 0 Å². The van der Waals surface area contributed by atoms with Crippen LogP contribution in [0.3, 0.4) is 0 Å². The first-order chi connectivity index (χ1) is 5.94. The van der Waals surface area contributed by atoms with Crippen LogP contribution in [0.5, 0.6) is 0 Å². The minimum Gasteiger partial charge on any atom is -0.393 e. The Morgan fingerprint density at radius 1 is 1.38 bits per heavy atom. The number of rotatable bonds is 6. The Bertz CT molecular complexity index is 161. The quantitative estimate of drug-likeness (QED) is 0.692. The Morgan fingerprint density at radius 2 is 1.92 bits per heavy atom. The molecule has 1 N–H and O–H groups in total. The predicted octanol–water partition coefficient (Wildman–Crippen LogP) is 2.54. The molecule has 1 unspecified atom stereocenters. The monoisotopic (exact) mass is 186 g/mol. The van der Waals surface area contributed by atoms with Gasteiger partial charge in [0.1, 0.15) is 5.78 Å². The Labute approximate surface area is 81.3 Å². The van der Waals surface area contributed by atoms with Crippen molar-refractivity contribution < 1.29 is 9.90 Å². The van der Waals surface area contributed by atoms with Crippen molar-refractivity contribution in [3.63, 3.8) is 0 Å². The molecule has 0 radical (unpaired) electrons. The van der Waals surface area contributed by atoms with Crippen LogP contribution >= 0.6 is 0 Å². The summed E-state index contributed by atoms with van der Waals surface area (Å²) in [4.78, 5) is 11.1. The normalized spacial score (nSPS) is 14.2. The Kier molecular flexibility index (Phi) is 5.23. The molecular formula is C11H22O2. The van der Waals surface area contributed by atoms with Crippen LogP contribution in [0.1, 0.15) is 53.4 Å². The maximum Gasteiger partial charge on any atom is 0.132 e. The van der Waals surface area contributed by atoms with Gasteiger partial charge in [0.15, 0.2) is 0 Å². The topological polar surface area (TPSA) is 37.3 Å². The lowest BCUT2D eigenvalue weighted by atomic mass is 9.80. The second kappa shape index (κ2) is 5.38. The summed E-state index contributed by atoms with van der Waals surface area (Å²) in [6.07, 6.45) is 2.46. The van der Waals surface area contributed by atoms with Crippen LogP contribution in [0, 0.1) is 5.41 Å². The summed E-state index contributed by atoms with van der Waals surface area (Å²) < 4.78 is 0. The van der Waals surface area contributed by atoms with E-state index in [0.717, 1.165) is 12.8 Å². The van der Waals surface area contributed by atoms with Crippen molar-refractivity contribution in [2.75, 3.05) is 0 Å². The highest BCUT2D eigenvalue weighted by atomic mass is 16.3. The Balaban J connectivity index is 3.95. The van der Waals surface area contributed by atoms with E-state index in [1.165, 1.54) is 0 Å². The number of hydrogen-bond acceptors (Lipinski definition) is 2. The van der Waals surface area contributed by atoms with Crippen molar-refractivity contribution in [2.45, 2.75) is 59.5 Å². The van der Waals surface area contributed by atoms with Crippen LogP contribution in [0.15, 0.2) is 0 Å². The molecule has 0 aliphatic carbocycles. The van der Waals surface area contributed by atoms with Gasteiger partial charge in [-0.25, -0.2) is 0 Å². The first kappa shape index (κ1) is 12.6. The molecular weight excluding hydrogens is 164 g/mol. The molecule has 0 bridgehead atoms. The van der Waals surface area contributed by atoms with Crippen molar-refractivity contribution >= 4 is 5.78 Å². The first-order valence-electron chi connectivity index (χ1n) is 5.13. The van der Waals surface area contributed by atoms with Gasteiger partial charge in [-0.05, 0) is 18.3 Å². The molecule has 0 aliphatic heterocycles. The van der Waals surface area contributed by atoms with E-state index in [9.17, 15) is 9.90 Å². The molecule has 78 valence electrons. The number of carbonyl (C=O) groups excluding carboxylic acids is 1. The SMILES string of the molecule is CCC(=O)CCC(C)(C)C(O)CC. The molecule has 0 saturated carbocycles. The molecule has 0 aromatic heterocycles. The molecule has 0 aromatic carbocycles. The molecule has 0 fully saturated rings. The van der Waals surface area contributed by atoms with E-state index in [4.69, 9.17) is 0 Å². The molecule has 0 saturated heterocycles. The van der Waals surface area contributed by atoms with Gasteiger partial charge < -0.3 is 5.11 Å². The van der Waals surface area contributed by atoms with Crippen molar-refractivity contribution in [3.05, 3.63) is 0 Å². The largest absolute Gasteiger partial charge is 0.393 e. The lowest BCUT2D eigenvalue weighted by Crippen LogP contribution is -2.29. The summed E-state index contributed by atoms with van der Waals surface area (Å²) >= 11 is 0. The van der Waals surface area contributed by atoms with E-state index in [2.05, 4.69) is 0 Å². The molecule has 2 heteroatoms. The number of ketones is 1. The molecule has 0 spiro atoms. The van der Waals surface area contributed by atoms with Crippen molar-refractivity contribution in [1.29, 1.82) is 0 Å². The van der Waals surface area contributed by atoms with Gasteiger partial charge in [-0.2, -0.15) is 0 Å². The average molecular weight is 186 g/mol. The van der Waals surface area contributed by atoms with Crippen molar-refractivity contribution in [1.82, 2.24) is 0 Å². The summed E-state index contributed by atoms with van der Waals surface area (Å²) in [6.45, 7) is 7.88. The van der Waals surface area contributed by atoms with Gasteiger partial charge in [-0.1, -0.05) is 27.7 Å². The van der Waals surface area contributed by atoms with E-state index < -0.39 is 0 Å². The minimum absolute atomic E-state index is 0.125. The number of aliphatic hydroxyl groups is 1. The zero-order valence-corrected chi connectivity index (χ0v) is 9.26. The first-order valence-corrected chi connectivity index (χ1v) is 5.13. The molecule has 0 rings (SSSR count). The number of Topliss-reactive ketones (excluding diaryl/α,β-unsaturated/α-hetero) is 1. The zero-order valence-electron chi connectivity index (χ0n) is 9.26. The molecule has 0 heterocycles. The van der Waals surface area contributed by atoms with E-state index in [1.807, 2.05) is 27.7 Å². The number of aliphatic hydroxyl groups excluding tert-OH is 1. The summed E-state index contributed by atoms with van der Waals surface area (Å²) in [6, 6.07) is 0. The molecule has 0 aromatic rings. The molecule has 1 atom stereocenters. The lowest BCUT2D eigenvalue weighted by Gasteiger charge is -2.29. The Morgan fingerprint density at radius 3 is 2.31 bits per heavy atom. The van der Waals surface area contributed by atoms with Crippen LogP contribution in [0.25, 0.3) is 0 Å². The third kappa shape index (κ3) is 4.41. The fourth-order valence-corrected chi connectivity index (χ4v) is 1.36. The minimum atomic E-state index is -0.294. The van der Waals surface area contributed by atoms with Gasteiger partial charge in [-0.3, -0.25) is 4.79 Å². The van der Waals surface area contributed by atoms with E-state index in [1.54, 1.807) is 0 Å². The van der Waals surface area contributed by atoms with Crippen molar-refractivity contribution in [2.24, 2.45) is 5.41 Å². The molecule has 2 nitrogen and oxygen atoms in total. The summed E-state index contributed by atoms with van der Waals surface area (Å²) in [5, 5.41) is 9.66. The van der Waals surface area contributed by atoms with Crippen LogP contribution in [-0.2, 0) is 4.79 Å². The second-order valence-corrected chi connectivity index (χ2v) is 4.30. The van der Waals surface area contributed by atoms with Crippen LogP contribution < -0.4 is 0 Å². The zero-order chi connectivity index (χ0) is 10.5. The summed E-state index contributed by atoms with van der Waals surface area (Å²) in [5.41, 5.74) is -0.125. The highest BCUT2D eigenvalue weighted by molar-refractivity contribution is 5.77. The summed E-state index contributed by atoms with van der Waals surface area (Å²) in [5.74, 6) is 0.288. The maximum absolute atomic E-state index is 11.1. The average Bonchev–Trinajstić information content (AvgIpc) is 2.12. The van der Waals surface area contributed by atoms with Crippen LogP contribution in [-0.4, -0.2) is 17.0 Å². The summed E-state index contributed by atoms with van der Waals surface area (Å²) in [7, 11) is 0. The van der Waals surface area contributed by atoms with Crippen LogP contribution in [0.2, 0.25) is 0 Å². The highest BCUT2D eigenvalue weighted by Gasteiger charge is 2.26. The van der Waals surface area contributed by atoms with Gasteiger partial charge in [0.2, 0.25) is 0 Å². The second-order valence-electron chi connectivity index (χ2n) is 4.30. The molecule has 0 aliphatic rings. The smallest absolute Gasteiger partial charge is 0.132 e. The Hall–Kier alpha value is -0.370. The van der Waals surface area contributed by atoms with E-state index in [-0.39, 0.29) is 17.3 Å². The van der Waals surface area contributed by atoms with Gasteiger partial charge in [0.25, 0.3) is 0 Å². The van der Waals surface area contributed by atoms with Crippen molar-refractivity contribution in [3.8, 4) is 0 Å². The standard InChI is InChI=1S/C11H22O2/c1-5-9(12)7-8-11(3,4)10(13)6-2/h10,13H,5-8H2,1-4H3. The van der Waals surface area contributed by atoms with Crippen LogP contribution in [0.4, 0.5) is 0 Å². The lowest BCUT2D eigenvalue weighted by molar-refractivity contribution is -0.119. The third-order valence-electron chi connectivity index (χ3n) is 2.73. The number of carbonyl (C=O) groups is 1. The fourth-order valence-electron chi connectivity index (χ4n) is 1.36. The van der Waals surface area contributed by atoms with E-state index in [0.29, 0.717) is 12.8 Å². The fraction of sp³-hybridized carbons (Fsp3) is 0.909. The highest BCUT2D eigenvalue weighted by Crippen LogP contribution is 2.28.